The van der Waals surface area contributed by atoms with Gasteiger partial charge in [0.05, 0.1) is 0 Å². The molecule has 0 saturated carbocycles. The fraction of sp³-hybridized carbons (Fsp3) is 0.267. The molecule has 2 N–H and O–H groups in total. The van der Waals surface area contributed by atoms with Crippen LogP contribution in [0.3, 0.4) is 0 Å². The molecule has 1 atom stereocenters. The number of benzene rings is 1. The van der Waals surface area contributed by atoms with Crippen molar-refractivity contribution in [2.75, 3.05) is 0 Å². The van der Waals surface area contributed by atoms with Gasteiger partial charge in [0.1, 0.15) is 11.4 Å². The van der Waals surface area contributed by atoms with Gasteiger partial charge in [0.15, 0.2) is 0 Å². The van der Waals surface area contributed by atoms with E-state index in [1.807, 2.05) is 24.3 Å². The van der Waals surface area contributed by atoms with E-state index in [0.29, 0.717) is 12.2 Å². The first-order valence-electron chi connectivity index (χ1n) is 6.25. The normalized spacial score (nSPS) is 21.9. The summed E-state index contributed by atoms with van der Waals surface area (Å²) >= 11 is 0. The summed E-state index contributed by atoms with van der Waals surface area (Å²) in [6.07, 6.45) is 2.30. The zero-order valence-electron chi connectivity index (χ0n) is 10.3. The fourth-order valence-corrected chi connectivity index (χ4v) is 2.74. The van der Waals surface area contributed by atoms with Crippen LogP contribution in [0.15, 0.2) is 40.8 Å². The Morgan fingerprint density at radius 3 is 2.74 bits per heavy atom. The van der Waals surface area contributed by atoms with Crippen LogP contribution in [0.5, 0.6) is 0 Å². The molecular weight excluding hydrogens is 244 g/mol. The summed E-state index contributed by atoms with van der Waals surface area (Å²) < 4.78 is 5.29. The van der Waals surface area contributed by atoms with Gasteiger partial charge in [-0.25, -0.2) is 4.79 Å². The molecule has 0 bridgehead atoms. The van der Waals surface area contributed by atoms with E-state index in [-0.39, 0.29) is 5.76 Å². The number of aromatic carboxylic acids is 1. The van der Waals surface area contributed by atoms with E-state index < -0.39 is 11.6 Å². The molecule has 0 spiro atoms. The first-order chi connectivity index (χ1) is 9.11. The predicted molar refractivity (Wildman–Crippen MR) is 68.0 cm³/mol. The number of carboxylic acids is 1. The zero-order valence-corrected chi connectivity index (χ0v) is 10.3. The minimum absolute atomic E-state index is 0.147. The van der Waals surface area contributed by atoms with E-state index in [4.69, 9.17) is 9.52 Å². The van der Waals surface area contributed by atoms with E-state index in [1.54, 1.807) is 6.07 Å². The maximum Gasteiger partial charge on any atom is 0.371 e. The van der Waals surface area contributed by atoms with Crippen LogP contribution in [0.1, 0.15) is 40.3 Å². The molecule has 0 saturated heterocycles. The Hall–Kier alpha value is -2.07. The summed E-state index contributed by atoms with van der Waals surface area (Å²) in [4.78, 5) is 10.9. The van der Waals surface area contributed by atoms with Gasteiger partial charge in [-0.05, 0) is 42.5 Å². The summed E-state index contributed by atoms with van der Waals surface area (Å²) in [5.41, 5.74) is 0.680. The van der Waals surface area contributed by atoms with Crippen molar-refractivity contribution in [3.63, 3.8) is 0 Å². The molecule has 3 rings (SSSR count). The lowest BCUT2D eigenvalue weighted by Gasteiger charge is -2.32. The molecule has 0 aliphatic heterocycles. The van der Waals surface area contributed by atoms with Crippen LogP contribution in [0.2, 0.25) is 0 Å². The Morgan fingerprint density at radius 1 is 1.21 bits per heavy atom. The highest BCUT2D eigenvalue weighted by atomic mass is 16.4. The van der Waals surface area contributed by atoms with Crippen molar-refractivity contribution in [2.24, 2.45) is 0 Å². The summed E-state index contributed by atoms with van der Waals surface area (Å²) in [5, 5.41) is 19.8. The minimum atomic E-state index is -1.22. The fourth-order valence-electron chi connectivity index (χ4n) is 2.74. The Labute approximate surface area is 110 Å². The Kier molecular flexibility index (Phi) is 2.68. The van der Waals surface area contributed by atoms with E-state index >= 15 is 0 Å². The number of hydrogen-bond donors (Lipinski definition) is 2. The molecule has 1 aliphatic carbocycles. The number of aliphatic hydroxyl groups is 1. The maximum absolute atomic E-state index is 10.9. The Bertz CT molecular complexity index is 629. The number of aryl methyl sites for hydroxylation is 1. The maximum atomic E-state index is 10.9. The molecular formula is C15H14O4. The lowest BCUT2D eigenvalue weighted by atomic mass is 9.78. The second kappa shape index (κ2) is 4.24. The van der Waals surface area contributed by atoms with Crippen molar-refractivity contribution < 1.29 is 19.4 Å². The monoisotopic (exact) mass is 258 g/mol. The van der Waals surface area contributed by atoms with Crippen molar-refractivity contribution in [1.82, 2.24) is 0 Å². The SMILES string of the molecule is O=C(O)c1ccc(C2(O)CCCc3ccccc32)o1. The van der Waals surface area contributed by atoms with Gasteiger partial charge in [0.2, 0.25) is 5.76 Å². The lowest BCUT2D eigenvalue weighted by molar-refractivity contribution is 0.0360. The number of fused-ring (bicyclic) bond motifs is 1. The highest BCUT2D eigenvalue weighted by molar-refractivity contribution is 5.84. The van der Waals surface area contributed by atoms with Gasteiger partial charge in [-0.1, -0.05) is 24.3 Å². The molecule has 4 nitrogen and oxygen atoms in total. The average Bonchev–Trinajstić information content (AvgIpc) is 2.90. The van der Waals surface area contributed by atoms with Crippen LogP contribution in [0.25, 0.3) is 0 Å². The van der Waals surface area contributed by atoms with Gasteiger partial charge in [-0.2, -0.15) is 0 Å². The van der Waals surface area contributed by atoms with Crippen LogP contribution in [-0.2, 0) is 12.0 Å². The summed E-state index contributed by atoms with van der Waals surface area (Å²) in [7, 11) is 0. The van der Waals surface area contributed by atoms with Crippen molar-refractivity contribution in [1.29, 1.82) is 0 Å². The molecule has 98 valence electrons. The Balaban J connectivity index is 2.10. The van der Waals surface area contributed by atoms with Crippen LogP contribution in [-0.4, -0.2) is 16.2 Å². The largest absolute Gasteiger partial charge is 0.475 e. The van der Waals surface area contributed by atoms with E-state index in [9.17, 15) is 9.90 Å². The van der Waals surface area contributed by atoms with Gasteiger partial charge in [-0.15, -0.1) is 0 Å². The third-order valence-electron chi connectivity index (χ3n) is 3.67. The lowest BCUT2D eigenvalue weighted by Crippen LogP contribution is -2.31. The molecule has 1 aromatic carbocycles. The van der Waals surface area contributed by atoms with Gasteiger partial charge in [0.25, 0.3) is 0 Å². The molecule has 2 aromatic rings. The highest BCUT2D eigenvalue weighted by Gasteiger charge is 2.39. The van der Waals surface area contributed by atoms with Crippen LogP contribution >= 0.6 is 0 Å². The summed E-state index contributed by atoms with van der Waals surface area (Å²) in [5.74, 6) is -0.970. The molecule has 4 heteroatoms. The molecule has 1 aliphatic rings. The van der Waals surface area contributed by atoms with Crippen LogP contribution in [0, 0.1) is 0 Å². The van der Waals surface area contributed by atoms with Crippen LogP contribution in [0.4, 0.5) is 0 Å². The van der Waals surface area contributed by atoms with Crippen LogP contribution < -0.4 is 0 Å². The van der Waals surface area contributed by atoms with Crippen molar-refractivity contribution in [3.8, 4) is 0 Å². The first kappa shape index (κ1) is 12.0. The van der Waals surface area contributed by atoms with Gasteiger partial charge in [0, 0.05) is 0 Å². The standard InChI is InChI=1S/C15H14O4/c16-14(17)12-7-8-13(19-12)15(18)9-3-5-10-4-1-2-6-11(10)15/h1-2,4,6-8,18H,3,5,9H2,(H,16,17). The zero-order chi connectivity index (χ0) is 13.5. The Morgan fingerprint density at radius 2 is 2.00 bits per heavy atom. The number of carboxylic acid groups (broad SMARTS) is 1. The molecule has 1 unspecified atom stereocenters. The van der Waals surface area contributed by atoms with E-state index in [0.717, 1.165) is 24.0 Å². The second-order valence-corrected chi connectivity index (χ2v) is 4.84. The minimum Gasteiger partial charge on any atom is -0.475 e. The molecule has 19 heavy (non-hydrogen) atoms. The third-order valence-corrected chi connectivity index (χ3v) is 3.67. The molecule has 1 heterocycles. The topological polar surface area (TPSA) is 70.7 Å². The number of rotatable bonds is 2. The average molecular weight is 258 g/mol. The molecule has 1 aromatic heterocycles. The second-order valence-electron chi connectivity index (χ2n) is 4.84. The number of carbonyl (C=O) groups is 1. The van der Waals surface area contributed by atoms with Gasteiger partial charge < -0.3 is 14.6 Å². The molecule has 0 amide bonds. The third kappa shape index (κ3) is 1.85. The van der Waals surface area contributed by atoms with Crippen molar-refractivity contribution in [3.05, 3.63) is 59.0 Å². The summed E-state index contributed by atoms with van der Waals surface area (Å²) in [6, 6.07) is 10.6. The molecule has 0 fully saturated rings. The number of hydrogen-bond acceptors (Lipinski definition) is 3. The van der Waals surface area contributed by atoms with Crippen molar-refractivity contribution in [2.45, 2.75) is 24.9 Å². The highest BCUT2D eigenvalue weighted by Crippen LogP contribution is 2.40. The predicted octanol–water partition coefficient (Wildman–Crippen LogP) is 2.55. The molecule has 0 radical (unpaired) electrons. The van der Waals surface area contributed by atoms with Gasteiger partial charge >= 0.3 is 5.97 Å². The first-order valence-corrected chi connectivity index (χ1v) is 6.25. The van der Waals surface area contributed by atoms with E-state index in [1.165, 1.54) is 6.07 Å². The quantitative estimate of drug-likeness (QED) is 0.868. The van der Waals surface area contributed by atoms with E-state index in [2.05, 4.69) is 0 Å². The summed E-state index contributed by atoms with van der Waals surface area (Å²) in [6.45, 7) is 0. The van der Waals surface area contributed by atoms with Crippen molar-refractivity contribution >= 4 is 5.97 Å². The van der Waals surface area contributed by atoms with Gasteiger partial charge in [-0.3, -0.25) is 0 Å². The smallest absolute Gasteiger partial charge is 0.371 e. The number of furan rings is 1.